The molecule has 0 saturated carbocycles. The van der Waals surface area contributed by atoms with E-state index >= 15 is 0 Å². The van der Waals surface area contributed by atoms with Crippen molar-refractivity contribution in [3.05, 3.63) is 36.0 Å². The number of rotatable bonds is 8. The molecule has 0 aliphatic heterocycles. The third kappa shape index (κ3) is 4.61. The zero-order chi connectivity index (χ0) is 21.0. The number of aromatic nitrogens is 4. The maximum Gasteiger partial charge on any atom is 0.338 e. The van der Waals surface area contributed by atoms with Crippen molar-refractivity contribution in [3.8, 4) is 0 Å². The van der Waals surface area contributed by atoms with Crippen LogP contribution in [0.1, 0.15) is 44.1 Å². The van der Waals surface area contributed by atoms with Crippen molar-refractivity contribution in [3.63, 3.8) is 0 Å². The number of aryl methyl sites for hydroxylation is 1. The summed E-state index contributed by atoms with van der Waals surface area (Å²) in [6.07, 6.45) is 1.67. The number of carbonyl (C=O) groups is 2. The molecule has 0 radical (unpaired) electrons. The summed E-state index contributed by atoms with van der Waals surface area (Å²) in [6, 6.07) is 7.27. The molecule has 0 bridgehead atoms. The van der Waals surface area contributed by atoms with Crippen LogP contribution in [0.25, 0.3) is 11.0 Å². The van der Waals surface area contributed by atoms with Crippen LogP contribution < -0.4 is 5.32 Å². The number of thioether (sulfide) groups is 1. The van der Waals surface area contributed by atoms with Crippen molar-refractivity contribution in [2.24, 2.45) is 0 Å². The van der Waals surface area contributed by atoms with E-state index in [2.05, 4.69) is 15.4 Å². The predicted molar refractivity (Wildman–Crippen MR) is 113 cm³/mol. The number of amides is 1. The molecular weight excluding hydrogens is 390 g/mol. The minimum atomic E-state index is -0.365. The van der Waals surface area contributed by atoms with Crippen LogP contribution in [0.15, 0.2) is 35.6 Å². The van der Waals surface area contributed by atoms with E-state index in [0.29, 0.717) is 30.0 Å². The van der Waals surface area contributed by atoms with Gasteiger partial charge < -0.3 is 14.6 Å². The highest BCUT2D eigenvalue weighted by Crippen LogP contribution is 2.25. The van der Waals surface area contributed by atoms with Crippen molar-refractivity contribution in [2.75, 3.05) is 17.7 Å². The third-order valence-electron chi connectivity index (χ3n) is 4.30. The maximum absolute atomic E-state index is 12.4. The van der Waals surface area contributed by atoms with Crippen molar-refractivity contribution < 1.29 is 14.3 Å². The predicted octanol–water partition coefficient (Wildman–Crippen LogP) is 3.74. The van der Waals surface area contributed by atoms with Gasteiger partial charge in [0.2, 0.25) is 5.91 Å². The van der Waals surface area contributed by atoms with Gasteiger partial charge in [-0.1, -0.05) is 11.8 Å². The molecule has 0 spiro atoms. The Kier molecular flexibility index (Phi) is 6.58. The van der Waals surface area contributed by atoms with Crippen LogP contribution >= 0.6 is 11.8 Å². The highest BCUT2D eigenvalue weighted by Gasteiger charge is 2.16. The number of nitrogens with one attached hydrogen (secondary N) is 1. The van der Waals surface area contributed by atoms with E-state index in [9.17, 15) is 9.59 Å². The largest absolute Gasteiger partial charge is 0.462 e. The van der Waals surface area contributed by atoms with Crippen molar-refractivity contribution in [1.29, 1.82) is 0 Å². The summed E-state index contributed by atoms with van der Waals surface area (Å²) < 4.78 is 8.85. The lowest BCUT2D eigenvalue weighted by Gasteiger charge is -2.11. The molecule has 0 unspecified atom stereocenters. The molecule has 154 valence electrons. The first kappa shape index (κ1) is 20.9. The molecule has 29 heavy (non-hydrogen) atoms. The molecule has 1 aromatic carbocycles. The smallest absolute Gasteiger partial charge is 0.338 e. The average molecular weight is 416 g/mol. The topological polar surface area (TPSA) is 91.0 Å². The van der Waals surface area contributed by atoms with Crippen LogP contribution in [0.4, 0.5) is 5.82 Å². The van der Waals surface area contributed by atoms with Crippen molar-refractivity contribution >= 4 is 40.5 Å². The summed E-state index contributed by atoms with van der Waals surface area (Å²) in [4.78, 5) is 29.0. The van der Waals surface area contributed by atoms with Gasteiger partial charge in [-0.05, 0) is 45.9 Å². The molecule has 3 rings (SSSR count). The minimum Gasteiger partial charge on any atom is -0.462 e. The number of ether oxygens (including phenoxy) is 1. The Balaban J connectivity index is 1.74. The second kappa shape index (κ2) is 9.13. The third-order valence-corrected chi connectivity index (χ3v) is 5.28. The van der Waals surface area contributed by atoms with Crippen LogP contribution in [0.2, 0.25) is 0 Å². The number of benzene rings is 1. The van der Waals surface area contributed by atoms with E-state index in [0.717, 1.165) is 10.7 Å². The molecule has 0 aliphatic rings. The quantitative estimate of drug-likeness (QED) is 0.445. The number of nitrogens with zero attached hydrogens (tertiary/aromatic N) is 4. The number of hydrogen-bond acceptors (Lipinski definition) is 6. The summed E-state index contributed by atoms with van der Waals surface area (Å²) in [5.41, 5.74) is 2.09. The zero-order valence-corrected chi connectivity index (χ0v) is 17.8. The Hall–Kier alpha value is -2.81. The van der Waals surface area contributed by atoms with E-state index in [1.807, 2.05) is 31.4 Å². The molecule has 0 aliphatic carbocycles. The van der Waals surface area contributed by atoms with E-state index in [1.54, 1.807) is 36.0 Å². The lowest BCUT2D eigenvalue weighted by atomic mass is 10.2. The summed E-state index contributed by atoms with van der Waals surface area (Å²) in [5.74, 6) is 0.404. The number of esters is 1. The van der Waals surface area contributed by atoms with Gasteiger partial charge >= 0.3 is 5.97 Å². The molecule has 8 nitrogen and oxygen atoms in total. The number of fused-ring (bicyclic) bond motifs is 1. The van der Waals surface area contributed by atoms with Crippen molar-refractivity contribution in [1.82, 2.24) is 19.3 Å². The molecule has 0 fully saturated rings. The zero-order valence-electron chi connectivity index (χ0n) is 17.0. The molecule has 1 N–H and O–H groups in total. The SMILES string of the molecule is CCOC(=O)c1ccc2c(c1)nc(SCC(=O)Nc1ccnn1C(C)C)n2CC. The molecule has 3 aromatic rings. The number of hydrogen-bond donors (Lipinski definition) is 1. The van der Waals surface area contributed by atoms with Gasteiger partial charge in [-0.3, -0.25) is 4.79 Å². The van der Waals surface area contributed by atoms with E-state index < -0.39 is 0 Å². The van der Waals surface area contributed by atoms with Gasteiger partial charge in [0.05, 0.1) is 35.2 Å². The van der Waals surface area contributed by atoms with Gasteiger partial charge in [0.15, 0.2) is 5.16 Å². The normalized spacial score (nSPS) is 11.2. The van der Waals surface area contributed by atoms with Crippen molar-refractivity contribution in [2.45, 2.75) is 45.4 Å². The number of anilines is 1. The van der Waals surface area contributed by atoms with E-state index in [1.165, 1.54) is 11.8 Å². The lowest BCUT2D eigenvalue weighted by molar-refractivity contribution is -0.113. The Morgan fingerprint density at radius 1 is 1.24 bits per heavy atom. The highest BCUT2D eigenvalue weighted by atomic mass is 32.2. The van der Waals surface area contributed by atoms with E-state index in [4.69, 9.17) is 4.74 Å². The van der Waals surface area contributed by atoms with Gasteiger partial charge in [-0.15, -0.1) is 0 Å². The Labute approximate surface area is 173 Å². The van der Waals surface area contributed by atoms with Gasteiger partial charge in [-0.25, -0.2) is 14.5 Å². The molecule has 2 aromatic heterocycles. The monoisotopic (exact) mass is 415 g/mol. The average Bonchev–Trinajstić information content (AvgIpc) is 3.29. The van der Waals surface area contributed by atoms with Crippen LogP contribution in [0.5, 0.6) is 0 Å². The molecule has 0 saturated heterocycles. The van der Waals surface area contributed by atoms with Gasteiger partial charge in [0.1, 0.15) is 5.82 Å². The Morgan fingerprint density at radius 2 is 2.03 bits per heavy atom. The molecule has 9 heteroatoms. The van der Waals surface area contributed by atoms with Gasteiger partial charge in [-0.2, -0.15) is 5.10 Å². The molecule has 0 atom stereocenters. The Bertz CT molecular complexity index is 1020. The fraction of sp³-hybridized carbons (Fsp3) is 0.400. The first-order valence-corrected chi connectivity index (χ1v) is 10.6. The minimum absolute atomic E-state index is 0.126. The molecule has 2 heterocycles. The fourth-order valence-electron chi connectivity index (χ4n) is 3.00. The summed E-state index contributed by atoms with van der Waals surface area (Å²) >= 11 is 1.36. The Morgan fingerprint density at radius 3 is 2.72 bits per heavy atom. The molecule has 1 amide bonds. The second-order valence-corrected chi connectivity index (χ2v) is 7.60. The standard InChI is InChI=1S/C20H25N5O3S/c1-5-24-16-8-7-14(19(27)28-6-2)11-15(16)22-20(24)29-12-18(26)23-17-9-10-21-25(17)13(3)4/h7-11,13H,5-6,12H2,1-4H3,(H,23,26). The van der Waals surface area contributed by atoms with Crippen LogP contribution in [0.3, 0.4) is 0 Å². The lowest BCUT2D eigenvalue weighted by Crippen LogP contribution is -2.18. The van der Waals surface area contributed by atoms with Gasteiger partial charge in [0, 0.05) is 18.7 Å². The summed E-state index contributed by atoms with van der Waals surface area (Å²) in [6.45, 7) is 8.84. The first-order chi connectivity index (χ1) is 13.9. The first-order valence-electron chi connectivity index (χ1n) is 9.58. The highest BCUT2D eigenvalue weighted by molar-refractivity contribution is 7.99. The molecular formula is C20H25N5O3S. The van der Waals surface area contributed by atoms with Crippen LogP contribution in [-0.2, 0) is 16.1 Å². The summed E-state index contributed by atoms with van der Waals surface area (Å²) in [7, 11) is 0. The number of carbonyl (C=O) groups excluding carboxylic acids is 2. The van der Waals surface area contributed by atoms with Crippen LogP contribution in [-0.4, -0.2) is 43.6 Å². The fourth-order valence-corrected chi connectivity index (χ4v) is 3.88. The summed E-state index contributed by atoms with van der Waals surface area (Å²) in [5, 5.41) is 7.85. The van der Waals surface area contributed by atoms with E-state index in [-0.39, 0.29) is 23.7 Å². The maximum atomic E-state index is 12.4. The second-order valence-electron chi connectivity index (χ2n) is 6.65. The van der Waals surface area contributed by atoms with Gasteiger partial charge in [0.25, 0.3) is 0 Å². The number of imidazole rings is 1. The van der Waals surface area contributed by atoms with Crippen LogP contribution in [0, 0.1) is 0 Å².